The molecule has 0 aliphatic rings. The van der Waals surface area contributed by atoms with Gasteiger partial charge in [0.05, 0.1) is 25.4 Å². The largest absolute Gasteiger partial charge is 0.490 e. The van der Waals surface area contributed by atoms with Crippen molar-refractivity contribution in [3.8, 4) is 17.2 Å². The van der Waals surface area contributed by atoms with Crippen molar-refractivity contribution in [2.75, 3.05) is 19.8 Å². The van der Waals surface area contributed by atoms with Gasteiger partial charge in [-0.2, -0.15) is 0 Å². The second-order valence-electron chi connectivity index (χ2n) is 3.61. The first kappa shape index (κ1) is 15.7. The van der Waals surface area contributed by atoms with Crippen LogP contribution in [0.2, 0.25) is 0 Å². The van der Waals surface area contributed by atoms with Crippen LogP contribution in [0.3, 0.4) is 0 Å². The number of hydrogen-bond donors (Lipinski definition) is 0. The molecule has 6 nitrogen and oxygen atoms in total. The highest BCUT2D eigenvalue weighted by molar-refractivity contribution is 5.98. The smallest absolute Gasteiger partial charge is 0.288 e. The van der Waals surface area contributed by atoms with E-state index in [0.29, 0.717) is 37.1 Å². The molecular weight excluding hydrogens is 262 g/mol. The lowest BCUT2D eigenvalue weighted by Gasteiger charge is -2.16. The van der Waals surface area contributed by atoms with Crippen molar-refractivity contribution < 1.29 is 23.8 Å². The summed E-state index contributed by atoms with van der Waals surface area (Å²) < 4.78 is 16.4. The first-order valence-electron chi connectivity index (χ1n) is 6.36. The molecule has 1 aromatic carbocycles. The summed E-state index contributed by atoms with van der Waals surface area (Å²) in [6, 6.07) is 2.94. The predicted octanol–water partition coefficient (Wildman–Crippen LogP) is 2.36. The Labute approximate surface area is 117 Å². The molecule has 0 aliphatic carbocycles. The standard InChI is InChI=1S/C14H17NO5/c1-4-18-11-7-10(14(17)15-9-16)8-12(19-5-2)13(11)20-6-3/h7-8H,4-6H2,1-3H3. The molecule has 0 aliphatic heterocycles. The second kappa shape index (κ2) is 7.96. The minimum absolute atomic E-state index is 0.184. The molecule has 6 heteroatoms. The Bertz CT molecular complexity index is 493. The van der Waals surface area contributed by atoms with E-state index in [0.717, 1.165) is 0 Å². The number of isocyanates is 1. The van der Waals surface area contributed by atoms with Gasteiger partial charge < -0.3 is 14.2 Å². The minimum Gasteiger partial charge on any atom is -0.490 e. The van der Waals surface area contributed by atoms with E-state index in [2.05, 4.69) is 4.99 Å². The lowest BCUT2D eigenvalue weighted by molar-refractivity contribution is 0.100. The van der Waals surface area contributed by atoms with Gasteiger partial charge in [-0.3, -0.25) is 4.79 Å². The Kier molecular flexibility index (Phi) is 6.26. The van der Waals surface area contributed by atoms with Gasteiger partial charge >= 0.3 is 0 Å². The van der Waals surface area contributed by atoms with E-state index < -0.39 is 5.91 Å². The van der Waals surface area contributed by atoms with Crippen molar-refractivity contribution in [3.63, 3.8) is 0 Å². The molecule has 1 rings (SSSR count). The van der Waals surface area contributed by atoms with Crippen LogP contribution in [-0.4, -0.2) is 31.8 Å². The van der Waals surface area contributed by atoms with Gasteiger partial charge in [0, 0.05) is 0 Å². The van der Waals surface area contributed by atoms with Gasteiger partial charge in [-0.25, -0.2) is 4.79 Å². The van der Waals surface area contributed by atoms with Crippen molar-refractivity contribution in [3.05, 3.63) is 17.7 Å². The van der Waals surface area contributed by atoms with Gasteiger partial charge in [-0.1, -0.05) is 0 Å². The third-order valence-corrected chi connectivity index (χ3v) is 2.30. The van der Waals surface area contributed by atoms with E-state index in [9.17, 15) is 9.59 Å². The predicted molar refractivity (Wildman–Crippen MR) is 72.4 cm³/mol. The maximum atomic E-state index is 11.6. The molecule has 0 saturated carbocycles. The first-order chi connectivity index (χ1) is 9.67. The third kappa shape index (κ3) is 3.83. The van der Waals surface area contributed by atoms with Crippen molar-refractivity contribution >= 4 is 12.0 Å². The molecule has 0 spiro atoms. The van der Waals surface area contributed by atoms with Crippen LogP contribution in [0, 0.1) is 0 Å². The molecule has 0 radical (unpaired) electrons. The van der Waals surface area contributed by atoms with Crippen LogP contribution < -0.4 is 14.2 Å². The van der Waals surface area contributed by atoms with Crippen LogP contribution in [0.25, 0.3) is 0 Å². The van der Waals surface area contributed by atoms with Crippen LogP contribution in [-0.2, 0) is 4.79 Å². The molecule has 0 atom stereocenters. The SMILES string of the molecule is CCOc1cc(C(=O)N=C=O)cc(OCC)c1OCC. The Morgan fingerprint density at radius 1 is 1.05 bits per heavy atom. The maximum Gasteiger partial charge on any atom is 0.288 e. The monoisotopic (exact) mass is 279 g/mol. The molecule has 0 fully saturated rings. The van der Waals surface area contributed by atoms with Crippen molar-refractivity contribution in [2.24, 2.45) is 4.99 Å². The van der Waals surface area contributed by atoms with Crippen LogP contribution in [0.15, 0.2) is 17.1 Å². The van der Waals surface area contributed by atoms with Crippen molar-refractivity contribution in [1.82, 2.24) is 0 Å². The third-order valence-electron chi connectivity index (χ3n) is 2.30. The summed E-state index contributed by atoms with van der Waals surface area (Å²) in [5, 5.41) is 0. The van der Waals surface area contributed by atoms with Crippen LogP contribution in [0.4, 0.5) is 0 Å². The molecule has 0 aromatic heterocycles. The van der Waals surface area contributed by atoms with Crippen LogP contribution >= 0.6 is 0 Å². The molecule has 0 saturated heterocycles. The summed E-state index contributed by atoms with van der Waals surface area (Å²) in [6.07, 6.45) is 1.22. The molecule has 1 amide bonds. The Balaban J connectivity index is 3.35. The lowest BCUT2D eigenvalue weighted by atomic mass is 10.1. The average molecular weight is 279 g/mol. The average Bonchev–Trinajstić information content (AvgIpc) is 2.43. The fraction of sp³-hybridized carbons (Fsp3) is 0.429. The normalized spacial score (nSPS) is 9.55. The van der Waals surface area contributed by atoms with E-state index >= 15 is 0 Å². The molecular formula is C14H17NO5. The van der Waals surface area contributed by atoms with Gasteiger partial charge in [0.2, 0.25) is 11.8 Å². The Morgan fingerprint density at radius 2 is 1.55 bits per heavy atom. The molecule has 20 heavy (non-hydrogen) atoms. The highest BCUT2D eigenvalue weighted by Crippen LogP contribution is 2.39. The van der Waals surface area contributed by atoms with Crippen molar-refractivity contribution in [2.45, 2.75) is 20.8 Å². The molecule has 0 heterocycles. The Hall–Kier alpha value is -2.33. The molecule has 0 bridgehead atoms. The number of aliphatic imine (C=N–C) groups is 1. The number of carbonyl (C=O) groups excluding carboxylic acids is 2. The summed E-state index contributed by atoms with van der Waals surface area (Å²) >= 11 is 0. The van der Waals surface area contributed by atoms with Gasteiger partial charge in [0.1, 0.15) is 0 Å². The van der Waals surface area contributed by atoms with Gasteiger partial charge in [-0.05, 0) is 32.9 Å². The second-order valence-corrected chi connectivity index (χ2v) is 3.61. The number of benzene rings is 1. The van der Waals surface area contributed by atoms with E-state index in [1.165, 1.54) is 18.2 Å². The zero-order valence-electron chi connectivity index (χ0n) is 11.8. The number of hydrogen-bond acceptors (Lipinski definition) is 5. The number of nitrogens with zero attached hydrogens (tertiary/aromatic N) is 1. The minimum atomic E-state index is -0.704. The zero-order chi connectivity index (χ0) is 15.0. The number of carbonyl (C=O) groups is 1. The fourth-order valence-corrected chi connectivity index (χ4v) is 1.62. The van der Waals surface area contributed by atoms with Gasteiger partial charge in [0.25, 0.3) is 5.91 Å². The molecule has 1 aromatic rings. The number of amides is 1. The van der Waals surface area contributed by atoms with Gasteiger partial charge in [-0.15, -0.1) is 4.99 Å². The van der Waals surface area contributed by atoms with E-state index in [-0.39, 0.29) is 5.56 Å². The quantitative estimate of drug-likeness (QED) is 0.566. The summed E-state index contributed by atoms with van der Waals surface area (Å²) in [6.45, 7) is 6.70. The summed E-state index contributed by atoms with van der Waals surface area (Å²) in [7, 11) is 0. The van der Waals surface area contributed by atoms with Crippen LogP contribution in [0.1, 0.15) is 31.1 Å². The molecule has 108 valence electrons. The highest BCUT2D eigenvalue weighted by Gasteiger charge is 2.18. The first-order valence-corrected chi connectivity index (χ1v) is 6.36. The highest BCUT2D eigenvalue weighted by atomic mass is 16.5. The van der Waals surface area contributed by atoms with Gasteiger partial charge in [0.15, 0.2) is 11.5 Å². The van der Waals surface area contributed by atoms with E-state index in [4.69, 9.17) is 14.2 Å². The van der Waals surface area contributed by atoms with E-state index in [1.807, 2.05) is 20.8 Å². The summed E-state index contributed by atoms with van der Waals surface area (Å²) in [4.78, 5) is 24.9. The number of ether oxygens (including phenoxy) is 3. The van der Waals surface area contributed by atoms with Crippen LogP contribution in [0.5, 0.6) is 17.2 Å². The fourth-order valence-electron chi connectivity index (χ4n) is 1.62. The maximum absolute atomic E-state index is 11.6. The number of rotatable bonds is 7. The Morgan fingerprint density at radius 3 is 1.95 bits per heavy atom. The lowest BCUT2D eigenvalue weighted by Crippen LogP contribution is -2.05. The zero-order valence-corrected chi connectivity index (χ0v) is 11.8. The van der Waals surface area contributed by atoms with E-state index in [1.54, 1.807) is 0 Å². The molecule has 0 N–H and O–H groups in total. The summed E-state index contributed by atoms with van der Waals surface area (Å²) in [5.41, 5.74) is 0.184. The summed E-state index contributed by atoms with van der Waals surface area (Å²) in [5.74, 6) is 0.488. The topological polar surface area (TPSA) is 74.2 Å². The van der Waals surface area contributed by atoms with Crippen molar-refractivity contribution in [1.29, 1.82) is 0 Å². The molecule has 0 unspecified atom stereocenters.